The number of carbonyl (C=O) groups excluding carboxylic acids is 1. The summed E-state index contributed by atoms with van der Waals surface area (Å²) >= 11 is 0. The molecule has 1 rings (SSSR count). The molecule has 0 radical (unpaired) electrons. The number of carboxylic acids is 1. The van der Waals surface area contributed by atoms with Crippen molar-refractivity contribution < 1.29 is 14.8 Å². The average Bonchev–Trinajstić information content (AvgIpc) is 2.46. The minimum absolute atomic E-state index is 0.972. The monoisotopic (exact) mass is 313 g/mol. The number of hydrogen-bond acceptors (Lipinski definition) is 2. The fourth-order valence-electron chi connectivity index (χ4n) is 3.47. The second kappa shape index (κ2) is 15.3. The summed E-state index contributed by atoms with van der Waals surface area (Å²) in [6.07, 6.45) is 16.0. The van der Waals surface area contributed by atoms with Crippen molar-refractivity contribution in [3.8, 4) is 0 Å². The Kier molecular flexibility index (Phi) is 14.9. The van der Waals surface area contributed by atoms with Crippen LogP contribution in [-0.2, 0) is 4.79 Å². The number of likely N-dealkylation sites (tertiary alicyclic amines) is 1. The molecule has 0 saturated carbocycles. The van der Waals surface area contributed by atoms with E-state index in [1.807, 2.05) is 4.90 Å². The molecule has 1 saturated heterocycles. The van der Waals surface area contributed by atoms with Crippen LogP contribution in [0.4, 0.5) is 0 Å². The van der Waals surface area contributed by atoms with Gasteiger partial charge >= 0.3 is 0 Å². The quantitative estimate of drug-likeness (QED) is 0.630. The number of carbonyl (C=O) groups is 1. The maximum Gasteiger partial charge on any atom is 0.0799 e. The summed E-state index contributed by atoms with van der Waals surface area (Å²) in [4.78, 5) is 10.8. The van der Waals surface area contributed by atoms with Gasteiger partial charge in [0.25, 0.3) is 0 Å². The Morgan fingerprint density at radius 1 is 1.05 bits per heavy atom. The number of nitrogens with one attached hydrogen (secondary N) is 1. The van der Waals surface area contributed by atoms with Gasteiger partial charge in [-0.1, -0.05) is 52.4 Å². The highest BCUT2D eigenvalue weighted by Crippen LogP contribution is 2.13. The number of piperidine rings is 1. The van der Waals surface area contributed by atoms with Gasteiger partial charge in [0.05, 0.1) is 19.6 Å². The number of carboxylic acid groups (broad SMARTS) is 1. The van der Waals surface area contributed by atoms with Crippen molar-refractivity contribution in [3.05, 3.63) is 0 Å². The summed E-state index contributed by atoms with van der Waals surface area (Å²) in [6, 6.07) is 0. The molecule has 0 amide bonds. The Morgan fingerprint density at radius 2 is 1.64 bits per heavy atom. The standard InChI is InChI=1S/C17H35N.C2H4O2/c1-3-5-6-7-8-9-10-14-18-15-11-13-17(16-18)12-4-2;1-2(3)4/h17H,3-16H2,1-2H3;1H3,(H,3,4). The summed E-state index contributed by atoms with van der Waals surface area (Å²) < 4.78 is 0. The molecule has 2 atom stereocenters. The molecule has 22 heavy (non-hydrogen) atoms. The molecule has 1 aliphatic rings. The third-order valence-electron chi connectivity index (χ3n) is 4.55. The van der Waals surface area contributed by atoms with Crippen LogP contribution in [-0.4, -0.2) is 25.6 Å². The van der Waals surface area contributed by atoms with E-state index in [0.29, 0.717) is 0 Å². The Bertz CT molecular complexity index is 250. The summed E-state index contributed by atoms with van der Waals surface area (Å²) in [5.41, 5.74) is 0. The Morgan fingerprint density at radius 3 is 2.23 bits per heavy atom. The van der Waals surface area contributed by atoms with E-state index in [1.165, 1.54) is 90.3 Å². The van der Waals surface area contributed by atoms with Crippen LogP contribution in [0.15, 0.2) is 0 Å². The third kappa shape index (κ3) is 14.4. The van der Waals surface area contributed by atoms with Crippen LogP contribution in [0, 0.1) is 5.92 Å². The second-order valence-electron chi connectivity index (χ2n) is 6.86. The molecule has 1 fully saturated rings. The molecule has 0 aromatic carbocycles. The molecule has 0 spiro atoms. The van der Waals surface area contributed by atoms with Gasteiger partial charge in [-0.2, -0.15) is 0 Å². The molecule has 1 N–H and O–H groups in total. The Labute approximate surface area is 138 Å². The fourth-order valence-corrected chi connectivity index (χ4v) is 3.47. The van der Waals surface area contributed by atoms with Crippen molar-refractivity contribution >= 4 is 5.97 Å². The first-order chi connectivity index (χ1) is 10.6. The topological polar surface area (TPSA) is 44.6 Å². The molecule has 0 aromatic rings. The van der Waals surface area contributed by atoms with Crippen molar-refractivity contribution in [2.24, 2.45) is 5.92 Å². The molecule has 3 heteroatoms. The van der Waals surface area contributed by atoms with Gasteiger partial charge in [0.15, 0.2) is 0 Å². The first-order valence-electron chi connectivity index (χ1n) is 9.61. The zero-order valence-electron chi connectivity index (χ0n) is 15.3. The highest BCUT2D eigenvalue weighted by Gasteiger charge is 2.21. The Balaban J connectivity index is 0.000000980. The maximum absolute atomic E-state index is 8.89. The zero-order chi connectivity index (χ0) is 16.6. The van der Waals surface area contributed by atoms with Gasteiger partial charge in [0, 0.05) is 11.9 Å². The normalized spacial score (nSPS) is 21.0. The van der Waals surface area contributed by atoms with Gasteiger partial charge in [-0.05, 0) is 39.0 Å². The molecule has 3 nitrogen and oxygen atoms in total. The first-order valence-corrected chi connectivity index (χ1v) is 9.61. The summed E-state index contributed by atoms with van der Waals surface area (Å²) in [6.45, 7) is 9.99. The van der Waals surface area contributed by atoms with E-state index in [0.717, 1.165) is 12.8 Å². The maximum atomic E-state index is 8.89. The van der Waals surface area contributed by atoms with Gasteiger partial charge in [-0.15, -0.1) is 0 Å². The van der Waals surface area contributed by atoms with E-state index in [4.69, 9.17) is 9.90 Å². The van der Waals surface area contributed by atoms with E-state index in [-0.39, 0.29) is 0 Å². The number of aliphatic carboxylic acids is 1. The van der Waals surface area contributed by atoms with E-state index >= 15 is 0 Å². The molecule has 1 heterocycles. The molecule has 0 aliphatic carbocycles. The van der Waals surface area contributed by atoms with E-state index in [2.05, 4.69) is 13.8 Å². The number of hydrogen-bond donors (Lipinski definition) is 1. The molecule has 0 aromatic heterocycles. The third-order valence-corrected chi connectivity index (χ3v) is 4.55. The number of quaternary nitrogens is 1. The summed E-state index contributed by atoms with van der Waals surface area (Å²) in [5, 5.41) is 8.89. The largest absolute Gasteiger partial charge is 0.550 e. The first kappa shape index (κ1) is 21.4. The predicted octanol–water partition coefficient (Wildman–Crippen LogP) is 2.59. The SMILES string of the molecule is CC(=O)[O-].CCCCCCCCC[NH+]1CCCC(CCC)C1. The van der Waals surface area contributed by atoms with Crippen molar-refractivity contribution in [2.45, 2.75) is 91.4 Å². The van der Waals surface area contributed by atoms with Crippen LogP contribution in [0.3, 0.4) is 0 Å². The van der Waals surface area contributed by atoms with Gasteiger partial charge in [0.1, 0.15) is 0 Å². The van der Waals surface area contributed by atoms with Gasteiger partial charge in [-0.3, -0.25) is 0 Å². The van der Waals surface area contributed by atoms with Crippen LogP contribution in [0.1, 0.15) is 91.4 Å². The zero-order valence-corrected chi connectivity index (χ0v) is 15.3. The lowest BCUT2D eigenvalue weighted by Gasteiger charge is -2.29. The van der Waals surface area contributed by atoms with E-state index < -0.39 is 5.97 Å². The van der Waals surface area contributed by atoms with Gasteiger partial charge < -0.3 is 14.8 Å². The average molecular weight is 314 g/mol. The van der Waals surface area contributed by atoms with E-state index in [1.54, 1.807) is 0 Å². The molecule has 132 valence electrons. The van der Waals surface area contributed by atoms with Crippen LogP contribution >= 0.6 is 0 Å². The van der Waals surface area contributed by atoms with Gasteiger partial charge in [0.2, 0.25) is 0 Å². The minimum Gasteiger partial charge on any atom is -0.550 e. The highest BCUT2D eigenvalue weighted by atomic mass is 16.4. The second-order valence-corrected chi connectivity index (χ2v) is 6.86. The predicted molar refractivity (Wildman–Crippen MR) is 91.9 cm³/mol. The molecular formula is C19H39NO2. The van der Waals surface area contributed by atoms with Crippen molar-refractivity contribution in [1.82, 2.24) is 0 Å². The molecule has 2 unspecified atom stereocenters. The van der Waals surface area contributed by atoms with Crippen molar-refractivity contribution in [2.75, 3.05) is 19.6 Å². The van der Waals surface area contributed by atoms with Crippen LogP contribution in [0.5, 0.6) is 0 Å². The fraction of sp³-hybridized carbons (Fsp3) is 0.947. The molecule has 1 aliphatic heterocycles. The summed E-state index contributed by atoms with van der Waals surface area (Å²) in [5.74, 6) is -0.0386. The Hall–Kier alpha value is -0.570. The molecule has 0 bridgehead atoms. The van der Waals surface area contributed by atoms with Crippen molar-refractivity contribution in [1.29, 1.82) is 0 Å². The minimum atomic E-state index is -1.08. The van der Waals surface area contributed by atoms with Crippen LogP contribution < -0.4 is 10.0 Å². The summed E-state index contributed by atoms with van der Waals surface area (Å²) in [7, 11) is 0. The van der Waals surface area contributed by atoms with Gasteiger partial charge in [-0.25, -0.2) is 0 Å². The lowest BCUT2D eigenvalue weighted by Crippen LogP contribution is -3.13. The van der Waals surface area contributed by atoms with E-state index in [9.17, 15) is 0 Å². The smallest absolute Gasteiger partial charge is 0.0799 e. The number of unbranched alkanes of at least 4 members (excludes halogenated alkanes) is 6. The lowest BCUT2D eigenvalue weighted by atomic mass is 9.93. The van der Waals surface area contributed by atoms with Crippen LogP contribution in [0.25, 0.3) is 0 Å². The lowest BCUT2D eigenvalue weighted by molar-refractivity contribution is -0.909. The van der Waals surface area contributed by atoms with Crippen LogP contribution in [0.2, 0.25) is 0 Å². The molecular weight excluding hydrogens is 274 g/mol. The number of rotatable bonds is 10. The highest BCUT2D eigenvalue weighted by molar-refractivity contribution is 5.60. The van der Waals surface area contributed by atoms with Crippen molar-refractivity contribution in [3.63, 3.8) is 0 Å².